The number of nitrogens with one attached hydrogen (secondary N) is 2. The Morgan fingerprint density at radius 3 is 2.68 bits per heavy atom. The standard InChI is InChI=1S/C20H20ClFN4O.HI/c1-23-20(25-12-14-3-2-4-16(21)11-14)24-10-9-18-13-27-19(26-18)15-5-7-17(22)8-6-15;/h2-8,11,13H,9-10,12H2,1H3,(H2,23,24,25);1H. The third-order valence-electron chi connectivity index (χ3n) is 3.89. The lowest BCUT2D eigenvalue weighted by molar-refractivity contribution is 0.571. The number of nitrogens with zero attached hydrogens (tertiary/aromatic N) is 2. The Hall–Kier alpha value is -2.13. The van der Waals surface area contributed by atoms with Gasteiger partial charge in [0.1, 0.15) is 12.1 Å². The number of hydrogen-bond acceptors (Lipinski definition) is 3. The van der Waals surface area contributed by atoms with Gasteiger partial charge in [0.15, 0.2) is 5.96 Å². The van der Waals surface area contributed by atoms with Gasteiger partial charge in [-0.3, -0.25) is 4.99 Å². The van der Waals surface area contributed by atoms with Crippen molar-refractivity contribution in [3.8, 4) is 11.5 Å². The van der Waals surface area contributed by atoms with Crippen LogP contribution in [0, 0.1) is 5.82 Å². The fourth-order valence-electron chi connectivity index (χ4n) is 2.51. The predicted molar refractivity (Wildman–Crippen MR) is 121 cm³/mol. The van der Waals surface area contributed by atoms with E-state index in [0.29, 0.717) is 36.4 Å². The summed E-state index contributed by atoms with van der Waals surface area (Å²) in [5, 5.41) is 7.18. The number of aliphatic imine (C=N–C) groups is 1. The first-order chi connectivity index (χ1) is 13.1. The Kier molecular flexibility index (Phi) is 8.72. The van der Waals surface area contributed by atoms with Gasteiger partial charge in [0.25, 0.3) is 0 Å². The molecule has 3 rings (SSSR count). The second-order valence-electron chi connectivity index (χ2n) is 5.88. The lowest BCUT2D eigenvalue weighted by Crippen LogP contribution is -2.37. The van der Waals surface area contributed by atoms with E-state index in [1.807, 2.05) is 24.3 Å². The van der Waals surface area contributed by atoms with Crippen LogP contribution >= 0.6 is 35.6 Å². The highest BCUT2D eigenvalue weighted by atomic mass is 127. The van der Waals surface area contributed by atoms with Gasteiger partial charge in [-0.2, -0.15) is 0 Å². The molecular formula is C20H21ClFIN4O. The average Bonchev–Trinajstić information content (AvgIpc) is 3.14. The SMILES string of the molecule is CN=C(NCCc1coc(-c2ccc(F)cc2)n1)NCc1cccc(Cl)c1.I. The molecule has 5 nitrogen and oxygen atoms in total. The van der Waals surface area contributed by atoms with E-state index in [2.05, 4.69) is 20.6 Å². The fraction of sp³-hybridized carbons (Fsp3) is 0.200. The van der Waals surface area contributed by atoms with E-state index in [4.69, 9.17) is 16.0 Å². The molecule has 1 aromatic heterocycles. The van der Waals surface area contributed by atoms with Gasteiger partial charge in [-0.25, -0.2) is 9.37 Å². The topological polar surface area (TPSA) is 62.5 Å². The second-order valence-corrected chi connectivity index (χ2v) is 6.32. The van der Waals surface area contributed by atoms with Crippen LogP contribution in [0.5, 0.6) is 0 Å². The average molecular weight is 515 g/mol. The summed E-state index contributed by atoms with van der Waals surface area (Å²) in [6.07, 6.45) is 2.28. The van der Waals surface area contributed by atoms with Crippen LogP contribution in [0.15, 0.2) is 64.2 Å². The van der Waals surface area contributed by atoms with Crippen LogP contribution in [0.25, 0.3) is 11.5 Å². The molecule has 28 heavy (non-hydrogen) atoms. The molecule has 2 aromatic carbocycles. The number of aromatic nitrogens is 1. The summed E-state index contributed by atoms with van der Waals surface area (Å²) in [6.45, 7) is 1.27. The molecule has 0 amide bonds. The maximum Gasteiger partial charge on any atom is 0.226 e. The minimum Gasteiger partial charge on any atom is -0.444 e. The van der Waals surface area contributed by atoms with E-state index in [0.717, 1.165) is 16.8 Å². The molecule has 0 radical (unpaired) electrons. The normalized spacial score (nSPS) is 11.0. The molecule has 0 unspecified atom stereocenters. The van der Waals surface area contributed by atoms with E-state index in [9.17, 15) is 4.39 Å². The van der Waals surface area contributed by atoms with Crippen LogP contribution in [-0.4, -0.2) is 24.5 Å². The number of oxazole rings is 1. The Labute approximate surface area is 185 Å². The predicted octanol–water partition coefficient (Wildman–Crippen LogP) is 4.66. The van der Waals surface area contributed by atoms with E-state index in [1.165, 1.54) is 12.1 Å². The van der Waals surface area contributed by atoms with Crippen molar-refractivity contribution in [2.75, 3.05) is 13.6 Å². The molecule has 0 saturated heterocycles. The zero-order valence-corrected chi connectivity index (χ0v) is 18.4. The summed E-state index contributed by atoms with van der Waals surface area (Å²) in [6, 6.07) is 13.7. The molecular weight excluding hydrogens is 494 g/mol. The smallest absolute Gasteiger partial charge is 0.226 e. The Morgan fingerprint density at radius 2 is 1.96 bits per heavy atom. The van der Waals surface area contributed by atoms with Gasteiger partial charge >= 0.3 is 0 Å². The van der Waals surface area contributed by atoms with E-state index in [-0.39, 0.29) is 29.8 Å². The summed E-state index contributed by atoms with van der Waals surface area (Å²) in [4.78, 5) is 8.63. The molecule has 1 heterocycles. The third-order valence-corrected chi connectivity index (χ3v) is 4.12. The molecule has 0 aliphatic rings. The molecule has 0 aliphatic heterocycles. The number of hydrogen-bond donors (Lipinski definition) is 2. The number of guanidine groups is 1. The van der Waals surface area contributed by atoms with Gasteiger partial charge in [0.05, 0.1) is 5.69 Å². The molecule has 0 spiro atoms. The zero-order chi connectivity index (χ0) is 19.1. The van der Waals surface area contributed by atoms with Gasteiger partial charge in [-0.05, 0) is 42.0 Å². The highest BCUT2D eigenvalue weighted by Crippen LogP contribution is 2.19. The maximum atomic E-state index is 13.0. The van der Waals surface area contributed by atoms with Crippen LogP contribution in [0.3, 0.4) is 0 Å². The summed E-state index contributed by atoms with van der Waals surface area (Å²) >= 11 is 5.99. The molecule has 0 saturated carbocycles. The van der Waals surface area contributed by atoms with Crippen LogP contribution in [0.2, 0.25) is 5.02 Å². The molecule has 0 fully saturated rings. The minimum atomic E-state index is -0.286. The van der Waals surface area contributed by atoms with Gasteiger partial charge in [0.2, 0.25) is 5.89 Å². The second kappa shape index (κ2) is 11.0. The molecule has 2 N–H and O–H groups in total. The highest BCUT2D eigenvalue weighted by Gasteiger charge is 2.07. The first kappa shape index (κ1) is 22.2. The van der Waals surface area contributed by atoms with E-state index >= 15 is 0 Å². The summed E-state index contributed by atoms with van der Waals surface area (Å²) < 4.78 is 18.5. The van der Waals surface area contributed by atoms with E-state index in [1.54, 1.807) is 25.4 Å². The van der Waals surface area contributed by atoms with Gasteiger partial charge < -0.3 is 15.1 Å². The quantitative estimate of drug-likeness (QED) is 0.285. The van der Waals surface area contributed by atoms with Crippen molar-refractivity contribution < 1.29 is 8.81 Å². The third kappa shape index (κ3) is 6.49. The van der Waals surface area contributed by atoms with Crippen LogP contribution in [0.1, 0.15) is 11.3 Å². The number of rotatable bonds is 6. The van der Waals surface area contributed by atoms with Crippen LogP contribution in [0.4, 0.5) is 4.39 Å². The van der Waals surface area contributed by atoms with Crippen molar-refractivity contribution in [3.05, 3.63) is 76.9 Å². The van der Waals surface area contributed by atoms with Crippen molar-refractivity contribution in [2.24, 2.45) is 4.99 Å². The first-order valence-electron chi connectivity index (χ1n) is 8.53. The first-order valence-corrected chi connectivity index (χ1v) is 8.91. The molecule has 0 aliphatic carbocycles. The monoisotopic (exact) mass is 514 g/mol. The molecule has 148 valence electrons. The van der Waals surface area contributed by atoms with Crippen LogP contribution < -0.4 is 10.6 Å². The van der Waals surface area contributed by atoms with Crippen LogP contribution in [-0.2, 0) is 13.0 Å². The Bertz CT molecular complexity index is 915. The van der Waals surface area contributed by atoms with Crippen molar-refractivity contribution in [1.29, 1.82) is 0 Å². The summed E-state index contributed by atoms with van der Waals surface area (Å²) in [5.74, 6) is 0.886. The van der Waals surface area contributed by atoms with Crippen molar-refractivity contribution in [3.63, 3.8) is 0 Å². The minimum absolute atomic E-state index is 0. The Balaban J connectivity index is 0.00000280. The van der Waals surface area contributed by atoms with E-state index < -0.39 is 0 Å². The lowest BCUT2D eigenvalue weighted by atomic mass is 10.2. The highest BCUT2D eigenvalue weighted by molar-refractivity contribution is 14.0. The van der Waals surface area contributed by atoms with Crippen molar-refractivity contribution >= 4 is 41.5 Å². The summed E-state index contributed by atoms with van der Waals surface area (Å²) in [7, 11) is 1.72. The largest absolute Gasteiger partial charge is 0.444 e. The lowest BCUT2D eigenvalue weighted by Gasteiger charge is -2.11. The molecule has 8 heteroatoms. The number of halogens is 3. The Morgan fingerprint density at radius 1 is 1.18 bits per heavy atom. The molecule has 3 aromatic rings. The summed E-state index contributed by atoms with van der Waals surface area (Å²) in [5.41, 5.74) is 2.63. The van der Waals surface area contributed by atoms with Crippen molar-refractivity contribution in [2.45, 2.75) is 13.0 Å². The molecule has 0 bridgehead atoms. The van der Waals surface area contributed by atoms with Gasteiger partial charge in [0, 0.05) is 37.1 Å². The molecule has 0 atom stereocenters. The zero-order valence-electron chi connectivity index (χ0n) is 15.3. The fourth-order valence-corrected chi connectivity index (χ4v) is 2.72. The van der Waals surface area contributed by atoms with Gasteiger partial charge in [-0.15, -0.1) is 24.0 Å². The van der Waals surface area contributed by atoms with Crippen molar-refractivity contribution in [1.82, 2.24) is 15.6 Å². The van der Waals surface area contributed by atoms with Gasteiger partial charge in [-0.1, -0.05) is 23.7 Å². The number of benzene rings is 2. The maximum absolute atomic E-state index is 13.0.